The molecule has 2 aromatic rings. The maximum atomic E-state index is 13.5. The van der Waals surface area contributed by atoms with E-state index < -0.39 is 0 Å². The molecule has 1 aromatic heterocycles. The lowest BCUT2D eigenvalue weighted by Gasteiger charge is -2.37. The van der Waals surface area contributed by atoms with E-state index in [1.165, 1.54) is 17.0 Å². The summed E-state index contributed by atoms with van der Waals surface area (Å²) < 4.78 is 24.9. The topological polar surface area (TPSA) is 71.1 Å². The van der Waals surface area contributed by atoms with Crippen molar-refractivity contribution in [1.82, 2.24) is 15.1 Å². The molecule has 2 atom stereocenters. The monoisotopic (exact) mass is 489 g/mol. The summed E-state index contributed by atoms with van der Waals surface area (Å²) in [6.45, 7) is 4.46. The zero-order chi connectivity index (χ0) is 23.9. The normalized spacial score (nSPS) is 19.5. The van der Waals surface area contributed by atoms with Crippen molar-refractivity contribution < 1.29 is 23.5 Å². The Kier molecular flexibility index (Phi) is 8.39. The van der Waals surface area contributed by atoms with Gasteiger partial charge in [0.2, 0.25) is 5.91 Å². The predicted molar refractivity (Wildman–Crippen MR) is 129 cm³/mol. The number of hydrogen-bond donors (Lipinski definition) is 1. The molecule has 2 aliphatic heterocycles. The maximum absolute atomic E-state index is 13.5. The summed E-state index contributed by atoms with van der Waals surface area (Å²) in [5, 5.41) is 4.93. The van der Waals surface area contributed by atoms with Crippen molar-refractivity contribution in [2.75, 3.05) is 39.4 Å². The van der Waals surface area contributed by atoms with E-state index >= 15 is 0 Å². The van der Waals surface area contributed by atoms with Crippen LogP contribution in [0.3, 0.4) is 0 Å². The number of ether oxygens (including phenoxy) is 2. The van der Waals surface area contributed by atoms with Crippen molar-refractivity contribution in [2.45, 2.75) is 44.8 Å². The van der Waals surface area contributed by atoms with Gasteiger partial charge in [-0.05, 0) is 67.0 Å². The summed E-state index contributed by atoms with van der Waals surface area (Å²) in [6, 6.07) is 7.41. The van der Waals surface area contributed by atoms with E-state index in [0.29, 0.717) is 32.0 Å². The number of nitrogens with one attached hydrogen (secondary N) is 1. The van der Waals surface area contributed by atoms with Gasteiger partial charge in [0.25, 0.3) is 0 Å². The summed E-state index contributed by atoms with van der Waals surface area (Å²) in [6.07, 6.45) is 3.42. The molecule has 1 fully saturated rings. The summed E-state index contributed by atoms with van der Waals surface area (Å²) in [5.74, 6) is 0.110. The number of nitrogens with zero attached hydrogens (tertiary/aromatic N) is 2. The number of thiophene rings is 1. The first-order valence-electron chi connectivity index (χ1n) is 11.9. The molecule has 4 rings (SSSR count). The van der Waals surface area contributed by atoms with Gasteiger partial charge in [-0.2, -0.15) is 0 Å². The zero-order valence-electron chi connectivity index (χ0n) is 19.5. The highest BCUT2D eigenvalue weighted by molar-refractivity contribution is 7.10. The molecule has 7 nitrogen and oxygen atoms in total. The lowest BCUT2D eigenvalue weighted by atomic mass is 10.0. The summed E-state index contributed by atoms with van der Waals surface area (Å²) in [7, 11) is 0. The number of carbonyl (C=O) groups excluding carboxylic acids is 2. The van der Waals surface area contributed by atoms with E-state index in [0.717, 1.165) is 31.2 Å². The third-order valence-electron chi connectivity index (χ3n) is 6.22. The van der Waals surface area contributed by atoms with Crippen LogP contribution in [-0.2, 0) is 16.0 Å². The average molecular weight is 490 g/mol. The van der Waals surface area contributed by atoms with Gasteiger partial charge in [0, 0.05) is 31.1 Å². The van der Waals surface area contributed by atoms with E-state index in [1.54, 1.807) is 28.4 Å². The molecule has 0 bridgehead atoms. The van der Waals surface area contributed by atoms with E-state index in [1.807, 2.05) is 23.3 Å². The molecule has 3 heterocycles. The second-order valence-corrected chi connectivity index (χ2v) is 9.67. The Bertz CT molecular complexity index is 961. The first-order valence-corrected chi connectivity index (χ1v) is 12.8. The number of carbonyl (C=O) groups is 2. The van der Waals surface area contributed by atoms with Crippen molar-refractivity contribution in [3.05, 3.63) is 52.0 Å². The minimum atomic E-state index is -0.324. The Hall–Kier alpha value is -2.65. The highest BCUT2D eigenvalue weighted by Crippen LogP contribution is 2.34. The highest BCUT2D eigenvalue weighted by Gasteiger charge is 2.34. The van der Waals surface area contributed by atoms with Crippen molar-refractivity contribution in [1.29, 1.82) is 0 Å². The number of hydrogen-bond acceptors (Lipinski definition) is 5. The minimum Gasteiger partial charge on any atom is -0.491 e. The van der Waals surface area contributed by atoms with Crippen LogP contribution in [0.15, 0.2) is 35.7 Å². The van der Waals surface area contributed by atoms with Gasteiger partial charge in [0.05, 0.1) is 12.1 Å². The van der Waals surface area contributed by atoms with Crippen LogP contribution in [0, 0.1) is 5.82 Å². The van der Waals surface area contributed by atoms with E-state index in [-0.39, 0.29) is 43.1 Å². The first kappa shape index (κ1) is 24.5. The molecule has 2 aliphatic rings. The molecular weight excluding hydrogens is 457 g/mol. The quantitative estimate of drug-likeness (QED) is 0.578. The van der Waals surface area contributed by atoms with Crippen LogP contribution >= 0.6 is 11.3 Å². The van der Waals surface area contributed by atoms with Crippen LogP contribution in [0.1, 0.15) is 42.7 Å². The second kappa shape index (κ2) is 11.7. The molecule has 0 aliphatic carbocycles. The minimum absolute atomic E-state index is 0.0120. The Morgan fingerprint density at radius 1 is 1.29 bits per heavy atom. The molecule has 34 heavy (non-hydrogen) atoms. The van der Waals surface area contributed by atoms with Crippen molar-refractivity contribution in [3.63, 3.8) is 0 Å². The molecule has 9 heteroatoms. The maximum Gasteiger partial charge on any atom is 0.317 e. The van der Waals surface area contributed by atoms with Crippen molar-refractivity contribution in [3.8, 4) is 5.75 Å². The molecule has 1 aromatic carbocycles. The zero-order valence-corrected chi connectivity index (χ0v) is 20.3. The molecule has 0 spiro atoms. The summed E-state index contributed by atoms with van der Waals surface area (Å²) in [5.41, 5.74) is 1.08. The Balaban J connectivity index is 1.47. The lowest BCUT2D eigenvalue weighted by molar-refractivity contribution is -0.135. The number of benzene rings is 1. The average Bonchev–Trinajstić information content (AvgIpc) is 3.53. The van der Waals surface area contributed by atoms with Crippen molar-refractivity contribution >= 4 is 23.3 Å². The Labute approximate surface area is 203 Å². The SMILES string of the molecule is CCCNC(=O)N(CC(=O)N1CCc2sccc2[C@@H]1COc1ccc(F)cc1)C[C@@H]1CCCO1. The molecule has 0 saturated carbocycles. The van der Waals surface area contributed by atoms with Gasteiger partial charge in [-0.3, -0.25) is 4.79 Å². The van der Waals surface area contributed by atoms with Gasteiger partial charge >= 0.3 is 6.03 Å². The molecular formula is C25H32FN3O4S. The van der Waals surface area contributed by atoms with Crippen LogP contribution in [0.4, 0.5) is 9.18 Å². The number of halogens is 1. The van der Waals surface area contributed by atoms with Gasteiger partial charge in [0.1, 0.15) is 24.7 Å². The second-order valence-electron chi connectivity index (χ2n) is 8.66. The number of urea groups is 1. The van der Waals surface area contributed by atoms with Crippen LogP contribution in [-0.4, -0.2) is 67.2 Å². The molecule has 1 N–H and O–H groups in total. The van der Waals surface area contributed by atoms with Gasteiger partial charge in [-0.25, -0.2) is 9.18 Å². The standard InChI is InChI=1S/C25H32FN3O4S/c1-2-11-27-25(31)28(15-20-4-3-13-32-20)16-24(30)29-12-9-23-21(10-14-34-23)22(29)17-33-19-7-5-18(26)6-8-19/h5-8,10,14,20,22H,2-4,9,11-13,15-17H2,1H3,(H,27,31)/t20-,22-/m0/s1. The van der Waals surface area contributed by atoms with Gasteiger partial charge in [0.15, 0.2) is 0 Å². The fraction of sp³-hybridized carbons (Fsp3) is 0.520. The van der Waals surface area contributed by atoms with Gasteiger partial charge in [-0.15, -0.1) is 11.3 Å². The number of fused-ring (bicyclic) bond motifs is 1. The first-order chi connectivity index (χ1) is 16.5. The van der Waals surface area contributed by atoms with E-state index in [9.17, 15) is 14.0 Å². The van der Waals surface area contributed by atoms with Gasteiger partial charge < -0.3 is 24.6 Å². The molecule has 1 saturated heterocycles. The van der Waals surface area contributed by atoms with Gasteiger partial charge in [-0.1, -0.05) is 6.92 Å². The molecule has 0 radical (unpaired) electrons. The van der Waals surface area contributed by atoms with Crippen LogP contribution in [0.25, 0.3) is 0 Å². The summed E-state index contributed by atoms with van der Waals surface area (Å²) >= 11 is 1.68. The molecule has 184 valence electrons. The Morgan fingerprint density at radius 2 is 2.12 bits per heavy atom. The lowest BCUT2D eigenvalue weighted by Crippen LogP contribution is -2.51. The van der Waals surface area contributed by atoms with E-state index in [2.05, 4.69) is 5.32 Å². The largest absolute Gasteiger partial charge is 0.491 e. The third kappa shape index (κ3) is 6.07. The van der Waals surface area contributed by atoms with Crippen molar-refractivity contribution in [2.24, 2.45) is 0 Å². The molecule has 3 amide bonds. The fourth-order valence-electron chi connectivity index (χ4n) is 4.43. The smallest absolute Gasteiger partial charge is 0.317 e. The number of rotatable bonds is 9. The number of amides is 3. The van der Waals surface area contributed by atoms with Crippen LogP contribution in [0.2, 0.25) is 0 Å². The van der Waals surface area contributed by atoms with Crippen LogP contribution in [0.5, 0.6) is 5.75 Å². The molecule has 0 unspecified atom stereocenters. The third-order valence-corrected chi connectivity index (χ3v) is 7.22. The van der Waals surface area contributed by atoms with Crippen LogP contribution < -0.4 is 10.1 Å². The Morgan fingerprint density at radius 3 is 2.85 bits per heavy atom. The summed E-state index contributed by atoms with van der Waals surface area (Å²) in [4.78, 5) is 31.0. The van der Waals surface area contributed by atoms with E-state index in [4.69, 9.17) is 9.47 Å². The highest BCUT2D eigenvalue weighted by atomic mass is 32.1. The fourth-order valence-corrected chi connectivity index (χ4v) is 5.36. The predicted octanol–water partition coefficient (Wildman–Crippen LogP) is 3.99.